The number of H-pyrrole nitrogens is 1. The van der Waals surface area contributed by atoms with Gasteiger partial charge >= 0.3 is 0 Å². The zero-order chi connectivity index (χ0) is 19.0. The topological polar surface area (TPSA) is 77.0 Å². The van der Waals surface area contributed by atoms with Crippen molar-refractivity contribution in [1.29, 1.82) is 0 Å². The quantitative estimate of drug-likeness (QED) is 0.732. The van der Waals surface area contributed by atoms with E-state index >= 15 is 0 Å². The van der Waals surface area contributed by atoms with E-state index in [4.69, 9.17) is 4.74 Å². The number of rotatable bonds is 5. The molecule has 7 heteroatoms. The van der Waals surface area contributed by atoms with Crippen molar-refractivity contribution in [2.75, 3.05) is 6.61 Å². The monoisotopic (exact) mass is 385 g/mol. The number of hydrogen-bond donors (Lipinski definition) is 1. The highest BCUT2D eigenvalue weighted by Gasteiger charge is 2.23. The Hall–Kier alpha value is -2.41. The van der Waals surface area contributed by atoms with Crippen molar-refractivity contribution in [3.05, 3.63) is 55.3 Å². The third kappa shape index (κ3) is 3.43. The Labute approximate surface area is 160 Å². The Balaban J connectivity index is 1.67. The smallest absolute Gasteiger partial charge is 0.262 e. The van der Waals surface area contributed by atoms with E-state index in [1.165, 1.54) is 16.5 Å². The number of nitrogens with zero attached hydrogens (tertiary/aromatic N) is 2. The summed E-state index contributed by atoms with van der Waals surface area (Å²) >= 11 is 1.65. The Morgan fingerprint density at radius 1 is 1.41 bits per heavy atom. The van der Waals surface area contributed by atoms with Crippen LogP contribution in [0.3, 0.4) is 0 Å². The fourth-order valence-corrected chi connectivity index (χ4v) is 4.92. The molecule has 0 aromatic carbocycles. The second kappa shape index (κ2) is 7.31. The summed E-state index contributed by atoms with van der Waals surface area (Å²) in [6, 6.07) is 1.49. The molecule has 0 radical (unpaired) electrons. The molecule has 3 aromatic heterocycles. The number of pyridine rings is 1. The average Bonchev–Trinajstić information content (AvgIpc) is 3.01. The molecule has 3 heterocycles. The summed E-state index contributed by atoms with van der Waals surface area (Å²) in [6.45, 7) is 5.03. The number of aromatic amines is 1. The Morgan fingerprint density at radius 3 is 3.04 bits per heavy atom. The molecule has 0 aliphatic heterocycles. The van der Waals surface area contributed by atoms with Gasteiger partial charge in [0.1, 0.15) is 4.83 Å². The van der Waals surface area contributed by atoms with Crippen molar-refractivity contribution in [3.63, 3.8) is 0 Å². The van der Waals surface area contributed by atoms with Crippen molar-refractivity contribution in [2.24, 2.45) is 5.92 Å². The first-order valence-electron chi connectivity index (χ1n) is 9.41. The molecular formula is C20H23N3O3S. The van der Waals surface area contributed by atoms with Crippen LogP contribution in [0.5, 0.6) is 5.75 Å². The SMILES string of the molecule is CCCOc1c[nH]c(Cn2cnc3sc4c(c3c2=O)CCC(C)C4)cc1=O. The van der Waals surface area contributed by atoms with Crippen LogP contribution in [-0.4, -0.2) is 21.1 Å². The maximum absolute atomic E-state index is 13.1. The predicted molar refractivity (Wildman–Crippen MR) is 107 cm³/mol. The third-order valence-electron chi connectivity index (χ3n) is 5.02. The highest BCUT2D eigenvalue weighted by atomic mass is 32.1. The Bertz CT molecular complexity index is 1100. The van der Waals surface area contributed by atoms with Gasteiger partial charge in [-0.15, -0.1) is 11.3 Å². The lowest BCUT2D eigenvalue weighted by Crippen LogP contribution is -2.23. The standard InChI is InChI=1S/C20H23N3O3S/c1-3-6-26-16-9-21-13(8-15(16)24)10-23-11-22-19-18(20(23)25)14-5-4-12(2)7-17(14)27-19/h8-9,11-12H,3-7,10H2,1-2H3,(H,21,24). The number of fused-ring (bicyclic) bond motifs is 3. The van der Waals surface area contributed by atoms with E-state index in [2.05, 4.69) is 16.9 Å². The lowest BCUT2D eigenvalue weighted by Gasteiger charge is -2.17. The number of thiophene rings is 1. The maximum Gasteiger partial charge on any atom is 0.262 e. The first-order chi connectivity index (χ1) is 13.1. The fourth-order valence-electron chi connectivity index (χ4n) is 3.58. The van der Waals surface area contributed by atoms with Crippen LogP contribution in [0.1, 0.15) is 42.8 Å². The van der Waals surface area contributed by atoms with Crippen molar-refractivity contribution in [1.82, 2.24) is 14.5 Å². The van der Waals surface area contributed by atoms with Crippen LogP contribution in [0.2, 0.25) is 0 Å². The van der Waals surface area contributed by atoms with Gasteiger partial charge in [-0.05, 0) is 37.2 Å². The van der Waals surface area contributed by atoms with E-state index in [9.17, 15) is 9.59 Å². The van der Waals surface area contributed by atoms with Gasteiger partial charge in [0.25, 0.3) is 5.56 Å². The molecule has 27 heavy (non-hydrogen) atoms. The van der Waals surface area contributed by atoms with Gasteiger partial charge in [-0.1, -0.05) is 13.8 Å². The van der Waals surface area contributed by atoms with E-state index in [0.717, 1.165) is 35.9 Å². The minimum atomic E-state index is -0.179. The van der Waals surface area contributed by atoms with Gasteiger partial charge in [-0.25, -0.2) is 4.98 Å². The van der Waals surface area contributed by atoms with Crippen LogP contribution in [0.15, 0.2) is 28.2 Å². The molecule has 3 aromatic rings. The molecular weight excluding hydrogens is 362 g/mol. The summed E-state index contributed by atoms with van der Waals surface area (Å²) in [4.78, 5) is 34.9. The van der Waals surface area contributed by atoms with E-state index in [1.807, 2.05) is 6.92 Å². The molecule has 6 nitrogen and oxygen atoms in total. The van der Waals surface area contributed by atoms with Gasteiger partial charge in [0.2, 0.25) is 5.43 Å². The predicted octanol–water partition coefficient (Wildman–Crippen LogP) is 3.11. The first kappa shape index (κ1) is 18.0. The van der Waals surface area contributed by atoms with E-state index in [0.29, 0.717) is 24.0 Å². The molecule has 0 amide bonds. The average molecular weight is 385 g/mol. The maximum atomic E-state index is 13.1. The van der Waals surface area contributed by atoms with Crippen LogP contribution >= 0.6 is 11.3 Å². The lowest BCUT2D eigenvalue weighted by atomic mass is 9.89. The van der Waals surface area contributed by atoms with Gasteiger partial charge in [0.05, 0.1) is 24.9 Å². The molecule has 1 atom stereocenters. The van der Waals surface area contributed by atoms with Crippen LogP contribution in [0.4, 0.5) is 0 Å². The number of hydrogen-bond acceptors (Lipinski definition) is 5. The Morgan fingerprint density at radius 2 is 2.26 bits per heavy atom. The van der Waals surface area contributed by atoms with E-state index in [-0.39, 0.29) is 17.5 Å². The molecule has 142 valence electrons. The molecule has 1 aliphatic rings. The van der Waals surface area contributed by atoms with Crippen LogP contribution in [-0.2, 0) is 19.4 Å². The summed E-state index contributed by atoms with van der Waals surface area (Å²) in [6.07, 6.45) is 7.07. The molecule has 1 unspecified atom stereocenters. The second-order valence-electron chi connectivity index (χ2n) is 7.24. The van der Waals surface area contributed by atoms with E-state index < -0.39 is 0 Å². The van der Waals surface area contributed by atoms with Crippen molar-refractivity contribution < 1.29 is 4.74 Å². The van der Waals surface area contributed by atoms with Gasteiger partial charge in [-0.2, -0.15) is 0 Å². The minimum Gasteiger partial charge on any atom is -0.488 e. The second-order valence-corrected chi connectivity index (χ2v) is 8.33. The normalized spacial score (nSPS) is 16.4. The molecule has 4 rings (SSSR count). The van der Waals surface area contributed by atoms with Gasteiger partial charge < -0.3 is 9.72 Å². The largest absolute Gasteiger partial charge is 0.488 e. The molecule has 1 N–H and O–H groups in total. The number of aromatic nitrogens is 3. The summed E-state index contributed by atoms with van der Waals surface area (Å²) < 4.78 is 6.98. The Kier molecular flexibility index (Phi) is 4.86. The third-order valence-corrected chi connectivity index (χ3v) is 6.18. The zero-order valence-electron chi connectivity index (χ0n) is 15.6. The fraction of sp³-hybridized carbons (Fsp3) is 0.450. The molecule has 0 saturated heterocycles. The van der Waals surface area contributed by atoms with Crippen LogP contribution < -0.4 is 15.7 Å². The minimum absolute atomic E-state index is 0.0285. The van der Waals surface area contributed by atoms with E-state index in [1.54, 1.807) is 28.4 Å². The molecule has 0 spiro atoms. The first-order valence-corrected chi connectivity index (χ1v) is 10.2. The highest BCUT2D eigenvalue weighted by Crippen LogP contribution is 2.35. The van der Waals surface area contributed by atoms with Gasteiger partial charge in [0, 0.05) is 22.8 Å². The number of nitrogens with one attached hydrogen (secondary N) is 1. The van der Waals surface area contributed by atoms with Gasteiger partial charge in [0.15, 0.2) is 5.75 Å². The van der Waals surface area contributed by atoms with Gasteiger partial charge in [-0.3, -0.25) is 14.2 Å². The van der Waals surface area contributed by atoms with Crippen molar-refractivity contribution in [2.45, 2.75) is 46.1 Å². The summed E-state index contributed by atoms with van der Waals surface area (Å²) in [7, 11) is 0. The van der Waals surface area contributed by atoms with Crippen LogP contribution in [0, 0.1) is 5.92 Å². The summed E-state index contributed by atoms with van der Waals surface area (Å²) in [5.74, 6) is 0.967. The molecule has 0 fully saturated rings. The van der Waals surface area contributed by atoms with Crippen LogP contribution in [0.25, 0.3) is 10.2 Å². The molecule has 0 saturated carbocycles. The lowest BCUT2D eigenvalue weighted by molar-refractivity contribution is 0.313. The van der Waals surface area contributed by atoms with Crippen molar-refractivity contribution in [3.8, 4) is 5.75 Å². The molecule has 0 bridgehead atoms. The highest BCUT2D eigenvalue weighted by molar-refractivity contribution is 7.18. The number of aryl methyl sites for hydroxylation is 1. The summed E-state index contributed by atoms with van der Waals surface area (Å²) in [5, 5.41) is 0.759. The zero-order valence-corrected chi connectivity index (χ0v) is 16.4. The number of ether oxygens (including phenoxy) is 1. The van der Waals surface area contributed by atoms with Crippen molar-refractivity contribution >= 4 is 21.6 Å². The summed E-state index contributed by atoms with van der Waals surface area (Å²) in [5.41, 5.74) is 1.63. The molecule has 1 aliphatic carbocycles.